The molecule has 0 unspecified atom stereocenters. The van der Waals surface area contributed by atoms with Gasteiger partial charge in [-0.15, -0.1) is 11.3 Å². The van der Waals surface area contributed by atoms with Crippen LogP contribution in [0.5, 0.6) is 11.5 Å². The highest BCUT2D eigenvalue weighted by Gasteiger charge is 2.21. The summed E-state index contributed by atoms with van der Waals surface area (Å²) in [4.78, 5) is 18.6. The van der Waals surface area contributed by atoms with Gasteiger partial charge in [0.15, 0.2) is 0 Å². The summed E-state index contributed by atoms with van der Waals surface area (Å²) in [6, 6.07) is 24.8. The highest BCUT2D eigenvalue weighted by atomic mass is 32.1. The minimum atomic E-state index is -0.250. The minimum absolute atomic E-state index is 0.250. The molecule has 1 aromatic heterocycles. The highest BCUT2D eigenvalue weighted by Crippen LogP contribution is 2.35. The van der Waals surface area contributed by atoms with Gasteiger partial charge in [0, 0.05) is 17.2 Å². The molecule has 0 radical (unpaired) electrons. The summed E-state index contributed by atoms with van der Waals surface area (Å²) in [5.74, 6) is 0.932. The predicted octanol–water partition coefficient (Wildman–Crippen LogP) is 5.75. The van der Waals surface area contributed by atoms with Crippen molar-refractivity contribution >= 4 is 22.9 Å². The molecule has 4 aromatic rings. The van der Waals surface area contributed by atoms with Crippen molar-refractivity contribution in [3.63, 3.8) is 0 Å². The lowest BCUT2D eigenvalue weighted by Gasteiger charge is -2.11. The fraction of sp³-hybridized carbons (Fsp3) is 0.0833. The van der Waals surface area contributed by atoms with E-state index >= 15 is 0 Å². The molecule has 150 valence electrons. The third-order valence-corrected chi connectivity index (χ3v) is 5.66. The number of hydrogen-bond donors (Lipinski definition) is 1. The maximum absolute atomic E-state index is 13.3. The number of ether oxygens (including phenoxy) is 2. The summed E-state index contributed by atoms with van der Waals surface area (Å²) < 4.78 is 10.7. The van der Waals surface area contributed by atoms with Crippen LogP contribution in [0.15, 0.2) is 78.9 Å². The Balaban J connectivity index is 1.76. The predicted molar refractivity (Wildman–Crippen MR) is 120 cm³/mol. The summed E-state index contributed by atoms with van der Waals surface area (Å²) in [5, 5.41) is 3.74. The molecule has 4 rings (SSSR count). The highest BCUT2D eigenvalue weighted by molar-refractivity contribution is 7.17. The van der Waals surface area contributed by atoms with E-state index in [9.17, 15) is 4.79 Å². The van der Waals surface area contributed by atoms with E-state index in [-0.39, 0.29) is 5.91 Å². The number of carbonyl (C=O) groups excluding carboxylic acids is 1. The van der Waals surface area contributed by atoms with E-state index in [0.29, 0.717) is 27.8 Å². The first-order chi connectivity index (χ1) is 14.7. The van der Waals surface area contributed by atoms with Gasteiger partial charge in [0.2, 0.25) is 0 Å². The summed E-state index contributed by atoms with van der Waals surface area (Å²) in [5.41, 5.74) is 3.05. The molecule has 0 aliphatic rings. The van der Waals surface area contributed by atoms with Gasteiger partial charge in [0.05, 0.1) is 25.6 Å². The number of anilines is 1. The number of hydrogen-bond acceptors (Lipinski definition) is 5. The zero-order valence-electron chi connectivity index (χ0n) is 16.6. The zero-order chi connectivity index (χ0) is 20.9. The second-order valence-electron chi connectivity index (χ2n) is 6.45. The summed E-state index contributed by atoms with van der Waals surface area (Å²) >= 11 is 1.36. The van der Waals surface area contributed by atoms with Crippen molar-refractivity contribution in [2.24, 2.45) is 0 Å². The number of methoxy groups -OCH3 is 2. The number of amides is 1. The third-order valence-electron chi connectivity index (χ3n) is 4.56. The molecule has 0 spiro atoms. The van der Waals surface area contributed by atoms with Crippen LogP contribution < -0.4 is 14.8 Å². The number of thiazole rings is 1. The van der Waals surface area contributed by atoms with E-state index in [0.717, 1.165) is 16.1 Å². The van der Waals surface area contributed by atoms with Crippen LogP contribution in [0.3, 0.4) is 0 Å². The number of aromatic nitrogens is 1. The summed E-state index contributed by atoms with van der Waals surface area (Å²) in [7, 11) is 3.14. The molecule has 0 aliphatic carbocycles. The van der Waals surface area contributed by atoms with Crippen molar-refractivity contribution in [1.29, 1.82) is 0 Å². The quantitative estimate of drug-likeness (QED) is 0.435. The average molecular weight is 417 g/mol. The molecular weight excluding hydrogens is 396 g/mol. The molecule has 1 N–H and O–H groups in total. The van der Waals surface area contributed by atoms with Gasteiger partial charge in [-0.1, -0.05) is 60.7 Å². The second-order valence-corrected chi connectivity index (χ2v) is 7.45. The average Bonchev–Trinajstić information content (AvgIpc) is 3.26. The van der Waals surface area contributed by atoms with E-state index in [4.69, 9.17) is 14.5 Å². The first kappa shape index (κ1) is 19.7. The van der Waals surface area contributed by atoms with Crippen molar-refractivity contribution in [2.45, 2.75) is 0 Å². The Bertz CT molecular complexity index is 1160. The second kappa shape index (κ2) is 8.80. The van der Waals surface area contributed by atoms with E-state index in [1.807, 2.05) is 60.7 Å². The number of nitrogens with zero attached hydrogens (tertiary/aromatic N) is 1. The summed E-state index contributed by atoms with van der Waals surface area (Å²) in [6.07, 6.45) is 0. The van der Waals surface area contributed by atoms with Gasteiger partial charge < -0.3 is 14.8 Å². The molecule has 0 saturated carbocycles. The van der Waals surface area contributed by atoms with Crippen LogP contribution in [-0.2, 0) is 0 Å². The van der Waals surface area contributed by atoms with Gasteiger partial charge in [0.1, 0.15) is 21.4 Å². The number of carbonyl (C=O) groups is 1. The van der Waals surface area contributed by atoms with Crippen molar-refractivity contribution in [3.8, 4) is 33.3 Å². The molecule has 1 heterocycles. The lowest BCUT2D eigenvalue weighted by atomic mass is 10.1. The smallest absolute Gasteiger partial charge is 0.268 e. The molecule has 0 bridgehead atoms. The molecule has 0 atom stereocenters. The van der Waals surface area contributed by atoms with Crippen LogP contribution >= 0.6 is 11.3 Å². The van der Waals surface area contributed by atoms with E-state index in [1.54, 1.807) is 32.4 Å². The molecular formula is C24H20N2O3S. The Morgan fingerprint density at radius 1 is 0.867 bits per heavy atom. The Labute approximate surface area is 178 Å². The first-order valence-corrected chi connectivity index (χ1v) is 10.2. The maximum Gasteiger partial charge on any atom is 0.268 e. The van der Waals surface area contributed by atoms with Crippen molar-refractivity contribution in [2.75, 3.05) is 19.5 Å². The van der Waals surface area contributed by atoms with Crippen LogP contribution in [0.4, 0.5) is 5.69 Å². The molecule has 0 saturated heterocycles. The monoisotopic (exact) mass is 416 g/mol. The van der Waals surface area contributed by atoms with Gasteiger partial charge in [-0.3, -0.25) is 4.79 Å². The third kappa shape index (κ3) is 4.04. The molecule has 6 heteroatoms. The Morgan fingerprint density at radius 3 is 2.17 bits per heavy atom. The van der Waals surface area contributed by atoms with Crippen molar-refractivity contribution in [3.05, 3.63) is 83.7 Å². The molecule has 1 amide bonds. The van der Waals surface area contributed by atoms with Gasteiger partial charge >= 0.3 is 0 Å². The molecule has 0 aliphatic heterocycles. The SMILES string of the molecule is COc1ccc(OC)c(NC(=O)c2sc(-c3ccccc3)nc2-c2ccccc2)c1. The fourth-order valence-corrected chi connectivity index (χ4v) is 4.05. The standard InChI is InChI=1S/C24H20N2O3S/c1-28-18-13-14-20(29-2)19(15-18)25-23(27)22-21(16-9-5-3-6-10-16)26-24(30-22)17-11-7-4-8-12-17/h3-15H,1-2H3,(H,25,27). The van der Waals surface area contributed by atoms with Crippen molar-refractivity contribution < 1.29 is 14.3 Å². The van der Waals surface area contributed by atoms with Gasteiger partial charge in [-0.05, 0) is 12.1 Å². The zero-order valence-corrected chi connectivity index (χ0v) is 17.4. The van der Waals surface area contributed by atoms with Gasteiger partial charge in [-0.25, -0.2) is 4.98 Å². The number of benzene rings is 3. The molecule has 5 nitrogen and oxygen atoms in total. The Morgan fingerprint density at radius 2 is 1.53 bits per heavy atom. The van der Waals surface area contributed by atoms with Crippen LogP contribution in [-0.4, -0.2) is 25.1 Å². The fourth-order valence-electron chi connectivity index (χ4n) is 3.06. The number of nitrogens with one attached hydrogen (secondary N) is 1. The van der Waals surface area contributed by atoms with Crippen LogP contribution in [0.25, 0.3) is 21.8 Å². The van der Waals surface area contributed by atoms with Gasteiger partial charge in [0.25, 0.3) is 5.91 Å². The Kier molecular flexibility index (Phi) is 5.77. The lowest BCUT2D eigenvalue weighted by Crippen LogP contribution is -2.12. The molecule has 0 fully saturated rings. The topological polar surface area (TPSA) is 60.5 Å². The Hall–Kier alpha value is -3.64. The van der Waals surface area contributed by atoms with Crippen LogP contribution in [0.2, 0.25) is 0 Å². The van der Waals surface area contributed by atoms with E-state index in [2.05, 4.69) is 5.32 Å². The molecule has 30 heavy (non-hydrogen) atoms. The normalized spacial score (nSPS) is 10.5. The van der Waals surface area contributed by atoms with E-state index < -0.39 is 0 Å². The van der Waals surface area contributed by atoms with Crippen molar-refractivity contribution in [1.82, 2.24) is 4.98 Å². The lowest BCUT2D eigenvalue weighted by molar-refractivity contribution is 0.103. The van der Waals surface area contributed by atoms with Crippen LogP contribution in [0.1, 0.15) is 9.67 Å². The molecule has 3 aromatic carbocycles. The van der Waals surface area contributed by atoms with Gasteiger partial charge in [-0.2, -0.15) is 0 Å². The minimum Gasteiger partial charge on any atom is -0.497 e. The number of rotatable bonds is 6. The van der Waals surface area contributed by atoms with E-state index in [1.165, 1.54) is 11.3 Å². The largest absolute Gasteiger partial charge is 0.497 e. The van der Waals surface area contributed by atoms with Crippen LogP contribution in [0, 0.1) is 0 Å². The summed E-state index contributed by atoms with van der Waals surface area (Å²) in [6.45, 7) is 0. The first-order valence-electron chi connectivity index (χ1n) is 9.34. The maximum atomic E-state index is 13.3.